The summed E-state index contributed by atoms with van der Waals surface area (Å²) in [6.45, 7) is -0.830. The summed E-state index contributed by atoms with van der Waals surface area (Å²) in [5, 5.41) is 19.4. The van der Waals surface area contributed by atoms with Gasteiger partial charge in [0.05, 0.1) is 17.8 Å². The molecule has 1 saturated heterocycles. The Kier molecular flexibility index (Phi) is 6.01. The Morgan fingerprint density at radius 3 is 2.75 bits per heavy atom. The van der Waals surface area contributed by atoms with Gasteiger partial charge in [-0.3, -0.25) is 9.59 Å². The molecule has 11 nitrogen and oxygen atoms in total. The smallest absolute Gasteiger partial charge is 0.301 e. The minimum atomic E-state index is -3.36. The zero-order valence-electron chi connectivity index (χ0n) is 18.8. The number of hydrogen-bond donors (Lipinski definition) is 2. The lowest BCUT2D eigenvalue weighted by Crippen LogP contribution is -2.55. The molecule has 13 heteroatoms. The van der Waals surface area contributed by atoms with Gasteiger partial charge in [0.25, 0.3) is 5.91 Å². The van der Waals surface area contributed by atoms with Crippen molar-refractivity contribution < 1.29 is 23.1 Å². The van der Waals surface area contributed by atoms with Crippen LogP contribution in [0.1, 0.15) is 35.4 Å². The molecule has 0 spiro atoms. The van der Waals surface area contributed by atoms with Crippen LogP contribution >= 0.6 is 0 Å². The predicted octanol–water partition coefficient (Wildman–Crippen LogP) is 2.41. The third-order valence-corrected chi connectivity index (χ3v) is 5.97. The number of H-pyrrole nitrogens is 1. The van der Waals surface area contributed by atoms with Gasteiger partial charge in [-0.2, -0.15) is 5.26 Å². The molecule has 2 N–H and O–H groups in total. The van der Waals surface area contributed by atoms with Crippen LogP contribution in [0.3, 0.4) is 0 Å². The summed E-state index contributed by atoms with van der Waals surface area (Å²) in [7, 11) is 0. The van der Waals surface area contributed by atoms with Crippen molar-refractivity contribution in [1.82, 2.24) is 30.0 Å². The Labute approximate surface area is 203 Å². The number of anilines is 1. The van der Waals surface area contributed by atoms with E-state index in [-0.39, 0.29) is 41.9 Å². The van der Waals surface area contributed by atoms with Crippen LogP contribution in [-0.2, 0) is 4.79 Å². The zero-order chi connectivity index (χ0) is 25.3. The molecule has 1 saturated carbocycles. The molecule has 1 aliphatic heterocycles. The normalized spacial score (nSPS) is 18.8. The van der Waals surface area contributed by atoms with Gasteiger partial charge in [-0.25, -0.2) is 18.7 Å². The van der Waals surface area contributed by atoms with Crippen molar-refractivity contribution in [1.29, 1.82) is 5.26 Å². The Hall–Kier alpha value is -4.47. The van der Waals surface area contributed by atoms with Gasteiger partial charge in [0.15, 0.2) is 6.10 Å². The molecule has 5 rings (SSSR count). The molecule has 184 valence electrons. The van der Waals surface area contributed by atoms with E-state index < -0.39 is 24.5 Å². The molecule has 0 bridgehead atoms. The number of nitrogens with zero attached hydrogens (tertiary/aromatic N) is 6. The Balaban J connectivity index is 1.30. The first-order valence-corrected chi connectivity index (χ1v) is 11.2. The molecule has 0 radical (unpaired) electrons. The average Bonchev–Trinajstić information content (AvgIpc) is 3.59. The molecule has 3 heterocycles. The van der Waals surface area contributed by atoms with E-state index in [0.717, 1.165) is 17.7 Å². The Morgan fingerprint density at radius 1 is 1.22 bits per heavy atom. The molecule has 1 aromatic carbocycles. The zero-order valence-corrected chi connectivity index (χ0v) is 18.8. The summed E-state index contributed by atoms with van der Waals surface area (Å²) < 4.78 is 35.4. The van der Waals surface area contributed by atoms with E-state index in [4.69, 9.17) is 4.74 Å². The van der Waals surface area contributed by atoms with Gasteiger partial charge in [-0.15, -0.1) is 10.2 Å². The van der Waals surface area contributed by atoms with Crippen molar-refractivity contribution in [3.8, 4) is 23.1 Å². The molecule has 2 aliphatic rings. The number of aromatic nitrogens is 5. The minimum Gasteiger partial charge on any atom is -0.483 e. The molecule has 0 unspecified atom stereocenters. The molecule has 3 aromatic rings. The maximum absolute atomic E-state index is 14.9. The lowest BCUT2D eigenvalue weighted by Gasteiger charge is -2.37. The molecule has 2 fully saturated rings. The molecular formula is C23H20F2N8O3. The summed E-state index contributed by atoms with van der Waals surface area (Å²) in [6, 6.07) is 8.04. The number of nitrogens with one attached hydrogen (secondary N) is 2. The monoisotopic (exact) mass is 494 g/mol. The summed E-state index contributed by atoms with van der Waals surface area (Å²) in [5.41, 5.74) is 1.02. The van der Waals surface area contributed by atoms with Crippen LogP contribution in [0, 0.1) is 17.2 Å². The number of benzene rings is 1. The number of hydrogen-bond acceptors (Lipinski definition) is 8. The van der Waals surface area contributed by atoms with Crippen LogP contribution in [0.25, 0.3) is 11.3 Å². The quantitative estimate of drug-likeness (QED) is 0.530. The fraction of sp³-hybridized carbons (Fsp3) is 0.348. The van der Waals surface area contributed by atoms with Gasteiger partial charge in [-0.1, -0.05) is 0 Å². The first-order valence-electron chi connectivity index (χ1n) is 11.2. The molecule has 36 heavy (non-hydrogen) atoms. The number of rotatable bonds is 6. The van der Waals surface area contributed by atoms with Gasteiger partial charge < -0.3 is 19.9 Å². The largest absolute Gasteiger partial charge is 0.483 e. The minimum absolute atomic E-state index is 0.00254. The van der Waals surface area contributed by atoms with E-state index in [9.17, 15) is 23.6 Å². The second-order valence-corrected chi connectivity index (χ2v) is 8.60. The van der Waals surface area contributed by atoms with Crippen molar-refractivity contribution in [2.75, 3.05) is 18.4 Å². The van der Waals surface area contributed by atoms with Crippen molar-refractivity contribution in [3.05, 3.63) is 48.3 Å². The van der Waals surface area contributed by atoms with Gasteiger partial charge in [0.1, 0.15) is 30.3 Å². The lowest BCUT2D eigenvalue weighted by molar-refractivity contribution is -0.132. The fourth-order valence-corrected chi connectivity index (χ4v) is 3.89. The highest BCUT2D eigenvalue weighted by atomic mass is 19.3. The van der Waals surface area contributed by atoms with E-state index in [1.54, 1.807) is 12.1 Å². The van der Waals surface area contributed by atoms with E-state index in [1.807, 2.05) is 6.07 Å². The van der Waals surface area contributed by atoms with Crippen LogP contribution in [0.15, 0.2) is 36.9 Å². The highest BCUT2D eigenvalue weighted by molar-refractivity contribution is 5.93. The second kappa shape index (κ2) is 9.29. The summed E-state index contributed by atoms with van der Waals surface area (Å²) >= 11 is 0. The van der Waals surface area contributed by atoms with Gasteiger partial charge >= 0.3 is 5.92 Å². The van der Waals surface area contributed by atoms with Crippen molar-refractivity contribution in [3.63, 3.8) is 0 Å². The number of amides is 2. The standard InChI is InChI=1S/C23H20F2N8O3/c24-23(25)10-33(22(35)20-29-12-30-32-20)6-5-18(23)36-17-4-3-14(7-15(17)9-26)16-8-19(28-11-27-16)31-21(34)13-1-2-13/h3-4,7-8,11-13,18H,1-2,5-6,10H2,(H,29,30,32)(H,27,28,31,34)/t18-/m0/s1. The second-order valence-electron chi connectivity index (χ2n) is 8.60. The number of halogens is 2. The molecule has 1 atom stereocenters. The maximum Gasteiger partial charge on any atom is 0.301 e. The SMILES string of the molecule is N#Cc1cc(-c2cc(NC(=O)C3CC3)ncn2)ccc1O[C@H]1CCN(C(=O)c2nnc[nH]2)CC1(F)F. The number of ether oxygens (including phenoxy) is 1. The van der Waals surface area contributed by atoms with Crippen molar-refractivity contribution in [2.45, 2.75) is 31.3 Å². The van der Waals surface area contributed by atoms with E-state index >= 15 is 0 Å². The van der Waals surface area contributed by atoms with Gasteiger partial charge in [-0.05, 0) is 31.0 Å². The van der Waals surface area contributed by atoms with Crippen molar-refractivity contribution >= 4 is 17.6 Å². The number of alkyl halides is 2. The molecule has 1 aliphatic carbocycles. The first kappa shape index (κ1) is 23.3. The number of carbonyl (C=O) groups excluding carboxylic acids is 2. The molecule has 2 aromatic heterocycles. The number of likely N-dealkylation sites (tertiary alicyclic amines) is 1. The highest BCUT2D eigenvalue weighted by Crippen LogP contribution is 2.34. The average molecular weight is 494 g/mol. The van der Waals surface area contributed by atoms with Crippen LogP contribution in [0.5, 0.6) is 5.75 Å². The lowest BCUT2D eigenvalue weighted by atomic mass is 10.0. The van der Waals surface area contributed by atoms with E-state index in [0.29, 0.717) is 17.1 Å². The number of piperidine rings is 1. The third kappa shape index (κ3) is 4.83. The molecule has 2 amide bonds. The third-order valence-electron chi connectivity index (χ3n) is 5.97. The van der Waals surface area contributed by atoms with Gasteiger partial charge in [0, 0.05) is 30.5 Å². The van der Waals surface area contributed by atoms with E-state index in [2.05, 4.69) is 30.5 Å². The number of aromatic amines is 1. The molecular weight excluding hydrogens is 474 g/mol. The first-order chi connectivity index (χ1) is 17.3. The fourth-order valence-electron chi connectivity index (χ4n) is 3.89. The van der Waals surface area contributed by atoms with Crippen molar-refractivity contribution in [2.24, 2.45) is 5.92 Å². The van der Waals surface area contributed by atoms with Gasteiger partial charge in [0.2, 0.25) is 11.7 Å². The van der Waals surface area contributed by atoms with Crippen LogP contribution < -0.4 is 10.1 Å². The summed E-state index contributed by atoms with van der Waals surface area (Å²) in [6.07, 6.45) is 2.52. The van der Waals surface area contributed by atoms with Crippen LogP contribution in [-0.4, -0.2) is 67.0 Å². The van der Waals surface area contributed by atoms with Crippen LogP contribution in [0.2, 0.25) is 0 Å². The van der Waals surface area contributed by atoms with Crippen LogP contribution in [0.4, 0.5) is 14.6 Å². The summed E-state index contributed by atoms with van der Waals surface area (Å²) in [5.74, 6) is -3.91. The maximum atomic E-state index is 14.9. The Morgan fingerprint density at radius 2 is 2.06 bits per heavy atom. The Bertz CT molecular complexity index is 1340. The number of nitriles is 1. The topological polar surface area (TPSA) is 150 Å². The van der Waals surface area contributed by atoms with E-state index in [1.165, 1.54) is 24.8 Å². The highest BCUT2D eigenvalue weighted by Gasteiger charge is 2.48. The predicted molar refractivity (Wildman–Crippen MR) is 120 cm³/mol. The summed E-state index contributed by atoms with van der Waals surface area (Å²) in [4.78, 5) is 36.1. The number of carbonyl (C=O) groups is 2.